The van der Waals surface area contributed by atoms with Gasteiger partial charge in [-0.1, -0.05) is 47.5 Å². The fourth-order valence-electron chi connectivity index (χ4n) is 5.15. The highest BCUT2D eigenvalue weighted by Gasteiger charge is 2.31. The van der Waals surface area contributed by atoms with Crippen molar-refractivity contribution in [3.8, 4) is 0 Å². The molecule has 6 heteroatoms. The molecule has 0 radical (unpaired) electrons. The van der Waals surface area contributed by atoms with E-state index in [0.717, 1.165) is 67.8 Å². The molecular formula is C28H38N4O2. The second-order valence-electron chi connectivity index (χ2n) is 10.0. The maximum atomic E-state index is 13.4. The van der Waals surface area contributed by atoms with E-state index in [1.54, 1.807) is 0 Å². The zero-order valence-electron chi connectivity index (χ0n) is 20.8. The molecule has 182 valence electrons. The summed E-state index contributed by atoms with van der Waals surface area (Å²) in [6, 6.07) is 16.2. The van der Waals surface area contributed by atoms with E-state index in [0.29, 0.717) is 13.1 Å². The van der Waals surface area contributed by atoms with Crippen molar-refractivity contribution < 1.29 is 9.59 Å². The molecule has 2 aromatic rings. The molecule has 2 unspecified atom stereocenters. The average molecular weight is 463 g/mol. The Hall–Kier alpha value is -2.70. The number of rotatable bonds is 6. The van der Waals surface area contributed by atoms with Crippen LogP contribution in [-0.2, 0) is 4.79 Å². The Morgan fingerprint density at radius 1 is 0.971 bits per heavy atom. The number of benzene rings is 2. The van der Waals surface area contributed by atoms with Crippen molar-refractivity contribution in [2.24, 2.45) is 5.92 Å². The molecule has 0 spiro atoms. The van der Waals surface area contributed by atoms with E-state index >= 15 is 0 Å². The predicted octanol–water partition coefficient (Wildman–Crippen LogP) is 3.26. The van der Waals surface area contributed by atoms with E-state index in [4.69, 9.17) is 0 Å². The van der Waals surface area contributed by atoms with Crippen LogP contribution in [0.4, 0.5) is 0 Å². The minimum atomic E-state index is -0.178. The van der Waals surface area contributed by atoms with Crippen molar-refractivity contribution in [3.05, 3.63) is 70.8 Å². The van der Waals surface area contributed by atoms with Gasteiger partial charge in [-0.05, 0) is 51.4 Å². The van der Waals surface area contributed by atoms with Crippen LogP contribution in [0.15, 0.2) is 48.5 Å². The predicted molar refractivity (Wildman–Crippen MR) is 136 cm³/mol. The lowest BCUT2D eigenvalue weighted by molar-refractivity contribution is -0.127. The average Bonchev–Trinajstić information content (AvgIpc) is 2.84. The van der Waals surface area contributed by atoms with Crippen LogP contribution in [0.3, 0.4) is 0 Å². The summed E-state index contributed by atoms with van der Waals surface area (Å²) in [6.45, 7) is 10.1. The molecule has 34 heavy (non-hydrogen) atoms. The molecule has 0 aromatic heterocycles. The highest BCUT2D eigenvalue weighted by atomic mass is 16.2. The Kier molecular flexibility index (Phi) is 8.01. The van der Waals surface area contributed by atoms with Crippen molar-refractivity contribution in [2.75, 3.05) is 52.9 Å². The third kappa shape index (κ3) is 6.24. The first kappa shape index (κ1) is 24.4. The van der Waals surface area contributed by atoms with E-state index < -0.39 is 0 Å². The quantitative estimate of drug-likeness (QED) is 0.716. The van der Waals surface area contributed by atoms with Crippen LogP contribution in [0.2, 0.25) is 0 Å². The van der Waals surface area contributed by atoms with Crippen molar-refractivity contribution >= 4 is 11.8 Å². The highest BCUT2D eigenvalue weighted by Crippen LogP contribution is 2.22. The van der Waals surface area contributed by atoms with Gasteiger partial charge >= 0.3 is 0 Å². The number of hydrogen-bond acceptors (Lipinski definition) is 4. The van der Waals surface area contributed by atoms with Gasteiger partial charge in [-0.15, -0.1) is 0 Å². The second-order valence-corrected chi connectivity index (χ2v) is 10.0. The van der Waals surface area contributed by atoms with Gasteiger partial charge < -0.3 is 15.1 Å². The number of carbonyl (C=O) groups excluding carboxylic acids is 2. The number of piperazine rings is 1. The normalized spacial score (nSPS) is 20.7. The monoisotopic (exact) mass is 462 g/mol. The molecule has 1 N–H and O–H groups in total. The third-order valence-electron chi connectivity index (χ3n) is 7.10. The summed E-state index contributed by atoms with van der Waals surface area (Å²) in [5, 5.41) is 3.35. The molecule has 2 amide bonds. The number of hydrogen-bond donors (Lipinski definition) is 1. The standard InChI is InChI=1S/C28H38N4O2/c1-21-16-22(2)18-25(17-21)28(34)32-11-7-10-24(19-32)27(33)29-26(23-8-5-4-6-9-23)20-31-14-12-30(3)13-15-31/h4-6,8-9,16-18,24,26H,7,10-15,19-20H2,1-3H3,(H,29,33). The van der Waals surface area contributed by atoms with Gasteiger partial charge in [0, 0.05) is 51.4 Å². The summed E-state index contributed by atoms with van der Waals surface area (Å²) >= 11 is 0. The first-order valence-electron chi connectivity index (χ1n) is 12.5. The number of nitrogens with one attached hydrogen (secondary N) is 1. The summed E-state index contributed by atoms with van der Waals surface area (Å²) in [6.07, 6.45) is 1.67. The van der Waals surface area contributed by atoms with Crippen LogP contribution in [0.5, 0.6) is 0 Å². The lowest BCUT2D eigenvalue weighted by atomic mass is 9.95. The maximum absolute atomic E-state index is 13.4. The maximum Gasteiger partial charge on any atom is 0.253 e. The Labute approximate surface area is 203 Å². The Morgan fingerprint density at radius 3 is 2.32 bits per heavy atom. The lowest BCUT2D eigenvalue weighted by Crippen LogP contribution is -2.50. The molecule has 4 rings (SSSR count). The summed E-state index contributed by atoms with van der Waals surface area (Å²) in [4.78, 5) is 33.2. The smallest absolute Gasteiger partial charge is 0.253 e. The number of likely N-dealkylation sites (N-methyl/N-ethyl adjacent to an activating group) is 1. The molecular weight excluding hydrogens is 424 g/mol. The van der Waals surface area contributed by atoms with E-state index in [1.807, 2.05) is 49.1 Å². The van der Waals surface area contributed by atoms with Gasteiger partial charge in [-0.2, -0.15) is 0 Å². The molecule has 2 fully saturated rings. The molecule has 2 saturated heterocycles. The number of carbonyl (C=O) groups is 2. The fourth-order valence-corrected chi connectivity index (χ4v) is 5.15. The Morgan fingerprint density at radius 2 is 1.65 bits per heavy atom. The first-order valence-corrected chi connectivity index (χ1v) is 12.5. The van der Waals surface area contributed by atoms with Crippen LogP contribution >= 0.6 is 0 Å². The zero-order chi connectivity index (χ0) is 24.1. The minimum absolute atomic E-state index is 0.0290. The van der Waals surface area contributed by atoms with Gasteiger partial charge in [0.05, 0.1) is 12.0 Å². The topological polar surface area (TPSA) is 55.9 Å². The highest BCUT2D eigenvalue weighted by molar-refractivity contribution is 5.95. The van der Waals surface area contributed by atoms with Crippen molar-refractivity contribution in [1.29, 1.82) is 0 Å². The molecule has 2 aromatic carbocycles. The summed E-state index contributed by atoms with van der Waals surface area (Å²) < 4.78 is 0. The molecule has 0 aliphatic carbocycles. The zero-order valence-corrected chi connectivity index (χ0v) is 20.8. The van der Waals surface area contributed by atoms with Crippen molar-refractivity contribution in [2.45, 2.75) is 32.7 Å². The van der Waals surface area contributed by atoms with Gasteiger partial charge in [0.25, 0.3) is 5.91 Å². The SMILES string of the molecule is Cc1cc(C)cc(C(=O)N2CCCC(C(=O)NC(CN3CCN(C)CC3)c3ccccc3)C2)c1. The second kappa shape index (κ2) is 11.2. The van der Waals surface area contributed by atoms with Crippen LogP contribution in [0.1, 0.15) is 45.9 Å². The van der Waals surface area contributed by atoms with Crippen molar-refractivity contribution in [3.63, 3.8) is 0 Å². The fraction of sp³-hybridized carbons (Fsp3) is 0.500. The van der Waals surface area contributed by atoms with Crippen LogP contribution in [0, 0.1) is 19.8 Å². The number of amides is 2. The van der Waals surface area contributed by atoms with E-state index in [-0.39, 0.29) is 23.8 Å². The van der Waals surface area contributed by atoms with E-state index in [2.05, 4.69) is 40.4 Å². The van der Waals surface area contributed by atoms with Gasteiger partial charge in [0.15, 0.2) is 0 Å². The molecule has 2 aliphatic rings. The molecule has 6 nitrogen and oxygen atoms in total. The Bertz CT molecular complexity index is 965. The third-order valence-corrected chi connectivity index (χ3v) is 7.10. The first-order chi connectivity index (χ1) is 16.4. The number of likely N-dealkylation sites (tertiary alicyclic amines) is 1. The summed E-state index contributed by atoms with van der Waals surface area (Å²) in [5.74, 6) is -0.0930. The molecule has 2 aliphatic heterocycles. The molecule has 0 bridgehead atoms. The summed E-state index contributed by atoms with van der Waals surface area (Å²) in [5.41, 5.74) is 4.03. The van der Waals surface area contributed by atoms with Crippen LogP contribution < -0.4 is 5.32 Å². The van der Waals surface area contributed by atoms with Gasteiger partial charge in [0.1, 0.15) is 0 Å². The Balaban J connectivity index is 1.42. The number of aryl methyl sites for hydroxylation is 2. The van der Waals surface area contributed by atoms with E-state index in [1.165, 1.54) is 0 Å². The minimum Gasteiger partial charge on any atom is -0.348 e. The van der Waals surface area contributed by atoms with Crippen LogP contribution in [-0.4, -0.2) is 79.4 Å². The van der Waals surface area contributed by atoms with Crippen LogP contribution in [0.25, 0.3) is 0 Å². The lowest BCUT2D eigenvalue weighted by Gasteiger charge is -2.36. The van der Waals surface area contributed by atoms with Gasteiger partial charge in [-0.25, -0.2) is 0 Å². The number of piperidine rings is 1. The largest absolute Gasteiger partial charge is 0.348 e. The van der Waals surface area contributed by atoms with Gasteiger partial charge in [-0.3, -0.25) is 14.5 Å². The molecule has 0 saturated carbocycles. The summed E-state index contributed by atoms with van der Waals surface area (Å²) in [7, 11) is 2.15. The van der Waals surface area contributed by atoms with E-state index in [9.17, 15) is 9.59 Å². The van der Waals surface area contributed by atoms with Crippen molar-refractivity contribution in [1.82, 2.24) is 20.0 Å². The molecule has 2 heterocycles. The molecule has 2 atom stereocenters. The number of nitrogens with zero attached hydrogens (tertiary/aromatic N) is 3. The van der Waals surface area contributed by atoms with Gasteiger partial charge in [0.2, 0.25) is 5.91 Å².